The Hall–Kier alpha value is -6.98. The van der Waals surface area contributed by atoms with Crippen LogP contribution in [0.5, 0.6) is 11.5 Å². The number of thiophene rings is 1. The zero-order chi connectivity index (χ0) is 38.6. The second-order valence-corrected chi connectivity index (χ2v) is 18.1. The van der Waals surface area contributed by atoms with Crippen LogP contribution in [0, 0.1) is 0 Å². The van der Waals surface area contributed by atoms with Gasteiger partial charge in [-0.15, -0.1) is 11.3 Å². The van der Waals surface area contributed by atoms with E-state index in [1.54, 1.807) is 11.3 Å². The van der Waals surface area contributed by atoms with Gasteiger partial charge in [-0.3, -0.25) is 0 Å². The van der Waals surface area contributed by atoms with E-state index in [1.807, 2.05) is 140 Å². The van der Waals surface area contributed by atoms with Crippen LogP contribution in [0.25, 0.3) is 76.6 Å². The second kappa shape index (κ2) is 13.9. The molecule has 1 unspecified atom stereocenters. The highest BCUT2D eigenvalue weighted by Crippen LogP contribution is 2.53. The van der Waals surface area contributed by atoms with E-state index in [9.17, 15) is 0 Å². The molecule has 11 rings (SSSR count). The fraction of sp³-hybridized carbons (Fsp3) is 0. The fourth-order valence-electron chi connectivity index (χ4n) is 8.06. The van der Waals surface area contributed by atoms with Crippen molar-refractivity contribution in [2.24, 2.45) is 0 Å². The Bertz CT molecular complexity index is 3180. The lowest BCUT2D eigenvalue weighted by Crippen LogP contribution is -2.28. The monoisotopic (exact) mass is 781 g/mol. The van der Waals surface area contributed by atoms with E-state index in [4.69, 9.17) is 19.7 Å². The predicted octanol–water partition coefficient (Wildman–Crippen LogP) is 12.3. The standard InChI is InChI=1S/C51H32N3O2PS/c55-57(36-20-8-3-9-21-36)45-26-14-11-23-39(45)37-22-10-13-25-43(37)56-44-30-35(28-29-38(44)41-31-42-40-24-12-15-27-47(40)58-48(42)32-46(41)57)51-53-49(33-16-4-1-5-17-33)52-50(54-51)34-18-6-2-7-19-34/h1-32H. The minimum Gasteiger partial charge on any atom is -0.456 e. The molecule has 2 aromatic heterocycles. The van der Waals surface area contributed by atoms with Crippen molar-refractivity contribution in [3.63, 3.8) is 0 Å². The summed E-state index contributed by atoms with van der Waals surface area (Å²) >= 11 is 1.73. The first-order valence-corrected chi connectivity index (χ1v) is 21.6. The highest BCUT2D eigenvalue weighted by Gasteiger charge is 2.37. The molecular weight excluding hydrogens is 750 g/mol. The lowest BCUT2D eigenvalue weighted by molar-refractivity contribution is 0.486. The largest absolute Gasteiger partial charge is 0.456 e. The molecule has 0 aliphatic carbocycles. The second-order valence-electron chi connectivity index (χ2n) is 14.3. The van der Waals surface area contributed by atoms with E-state index in [0.29, 0.717) is 29.0 Å². The van der Waals surface area contributed by atoms with Gasteiger partial charge in [-0.25, -0.2) is 15.0 Å². The number of rotatable bonds is 4. The van der Waals surface area contributed by atoms with E-state index in [0.717, 1.165) is 70.3 Å². The Morgan fingerprint density at radius 3 is 1.69 bits per heavy atom. The number of benzene rings is 8. The van der Waals surface area contributed by atoms with E-state index in [-0.39, 0.29) is 0 Å². The summed E-state index contributed by atoms with van der Waals surface area (Å²) in [6.07, 6.45) is 0. The summed E-state index contributed by atoms with van der Waals surface area (Å²) in [5, 5.41) is 4.57. The molecule has 0 radical (unpaired) electrons. The smallest absolute Gasteiger partial charge is 0.172 e. The third-order valence-corrected chi connectivity index (χ3v) is 15.1. The summed E-state index contributed by atoms with van der Waals surface area (Å²) in [5.41, 5.74) is 5.94. The molecule has 8 aromatic carbocycles. The number of hydrogen-bond donors (Lipinski definition) is 0. The molecule has 5 nitrogen and oxygen atoms in total. The van der Waals surface area contributed by atoms with Crippen molar-refractivity contribution in [2.75, 3.05) is 0 Å². The van der Waals surface area contributed by atoms with Gasteiger partial charge in [0.15, 0.2) is 24.6 Å². The first-order valence-electron chi connectivity index (χ1n) is 19.1. The summed E-state index contributed by atoms with van der Waals surface area (Å²) in [5.74, 6) is 2.93. The minimum atomic E-state index is -3.56. The van der Waals surface area contributed by atoms with Gasteiger partial charge in [0.1, 0.15) is 11.5 Å². The van der Waals surface area contributed by atoms with Crippen LogP contribution in [-0.2, 0) is 4.57 Å². The molecule has 274 valence electrons. The predicted molar refractivity (Wildman–Crippen MR) is 239 cm³/mol. The van der Waals surface area contributed by atoms with Gasteiger partial charge in [-0.1, -0.05) is 158 Å². The third-order valence-electron chi connectivity index (χ3n) is 10.8. The van der Waals surface area contributed by atoms with Crippen molar-refractivity contribution in [2.45, 2.75) is 0 Å². The summed E-state index contributed by atoms with van der Waals surface area (Å²) in [4.78, 5) is 15.0. The van der Waals surface area contributed by atoms with Crippen molar-refractivity contribution in [1.82, 2.24) is 15.0 Å². The maximum Gasteiger partial charge on any atom is 0.172 e. The van der Waals surface area contributed by atoms with Crippen molar-refractivity contribution >= 4 is 54.6 Å². The fourth-order valence-corrected chi connectivity index (χ4v) is 12.3. The molecule has 58 heavy (non-hydrogen) atoms. The van der Waals surface area contributed by atoms with Crippen molar-refractivity contribution in [3.05, 3.63) is 194 Å². The Kier molecular flexibility index (Phi) is 8.21. The van der Waals surface area contributed by atoms with Gasteiger partial charge in [0.05, 0.1) is 0 Å². The lowest BCUT2D eigenvalue weighted by atomic mass is 9.99. The number of aromatic nitrogens is 3. The molecule has 0 fully saturated rings. The molecule has 1 aliphatic rings. The highest BCUT2D eigenvalue weighted by atomic mass is 32.1. The zero-order valence-corrected chi connectivity index (χ0v) is 32.7. The number of hydrogen-bond acceptors (Lipinski definition) is 6. The molecule has 10 aromatic rings. The molecular formula is C51H32N3O2PS. The zero-order valence-electron chi connectivity index (χ0n) is 31.0. The minimum absolute atomic E-state index is 0.518. The highest BCUT2D eigenvalue weighted by molar-refractivity contribution is 7.85. The first kappa shape index (κ1) is 34.3. The normalized spacial score (nSPS) is 14.5. The maximum atomic E-state index is 16.8. The number of para-hydroxylation sites is 1. The number of fused-ring (bicyclic) bond motifs is 9. The molecule has 1 atom stereocenters. The molecule has 1 aliphatic heterocycles. The molecule has 0 saturated carbocycles. The summed E-state index contributed by atoms with van der Waals surface area (Å²) in [6, 6.07) is 65.0. The van der Waals surface area contributed by atoms with Crippen molar-refractivity contribution in [1.29, 1.82) is 0 Å². The van der Waals surface area contributed by atoms with Crippen molar-refractivity contribution in [3.8, 4) is 67.9 Å². The van der Waals surface area contributed by atoms with E-state index in [2.05, 4.69) is 54.6 Å². The summed E-state index contributed by atoms with van der Waals surface area (Å²) in [7, 11) is -3.56. The molecule has 0 amide bonds. The average molecular weight is 782 g/mol. The van der Waals surface area contributed by atoms with Crippen LogP contribution in [0.4, 0.5) is 0 Å². The van der Waals surface area contributed by atoms with E-state index < -0.39 is 7.14 Å². The van der Waals surface area contributed by atoms with Gasteiger partial charge in [-0.2, -0.15) is 0 Å². The van der Waals surface area contributed by atoms with E-state index in [1.165, 1.54) is 4.70 Å². The molecule has 3 heterocycles. The Balaban J connectivity index is 1.23. The van der Waals surface area contributed by atoms with Gasteiger partial charge in [0, 0.05) is 63.9 Å². The summed E-state index contributed by atoms with van der Waals surface area (Å²) < 4.78 is 26.1. The topological polar surface area (TPSA) is 65.0 Å². The quantitative estimate of drug-likeness (QED) is 0.166. The van der Waals surface area contributed by atoms with E-state index >= 15 is 4.57 Å². The molecule has 0 saturated heterocycles. The van der Waals surface area contributed by atoms with Crippen LogP contribution in [-0.4, -0.2) is 15.0 Å². The van der Waals surface area contributed by atoms with Gasteiger partial charge >= 0.3 is 0 Å². The Labute approximate surface area is 339 Å². The van der Waals surface area contributed by atoms with Crippen LogP contribution < -0.4 is 20.7 Å². The van der Waals surface area contributed by atoms with Gasteiger partial charge in [0.2, 0.25) is 0 Å². The van der Waals surface area contributed by atoms with Gasteiger partial charge in [0.25, 0.3) is 0 Å². The Morgan fingerprint density at radius 2 is 0.966 bits per heavy atom. The SMILES string of the molecule is O=P1(c2ccccc2)c2ccccc2-c2ccccc2Oc2cc(-c3nc(-c4ccccc4)nc(-c4ccccc4)n3)ccc2-c2cc3c(cc21)sc1ccccc13. The van der Waals surface area contributed by atoms with Crippen LogP contribution in [0.15, 0.2) is 194 Å². The average Bonchev–Trinajstić information content (AvgIpc) is 3.67. The van der Waals surface area contributed by atoms with Gasteiger partial charge < -0.3 is 9.30 Å². The van der Waals surface area contributed by atoms with Crippen LogP contribution in [0.1, 0.15) is 0 Å². The molecule has 7 heteroatoms. The first-order chi connectivity index (χ1) is 28.6. The van der Waals surface area contributed by atoms with Crippen LogP contribution >= 0.6 is 18.5 Å². The third kappa shape index (κ3) is 5.68. The van der Waals surface area contributed by atoms with Gasteiger partial charge in [-0.05, 0) is 47.5 Å². The number of nitrogens with zero attached hydrogens (tertiary/aromatic N) is 3. The Morgan fingerprint density at radius 1 is 0.397 bits per heavy atom. The lowest BCUT2D eigenvalue weighted by Gasteiger charge is -2.28. The van der Waals surface area contributed by atoms with Crippen molar-refractivity contribution < 1.29 is 9.30 Å². The van der Waals surface area contributed by atoms with Crippen LogP contribution in [0.3, 0.4) is 0 Å². The maximum absolute atomic E-state index is 16.8. The molecule has 0 N–H and O–H groups in total. The molecule has 0 bridgehead atoms. The number of ether oxygens (including phenoxy) is 1. The van der Waals surface area contributed by atoms with Crippen LogP contribution in [0.2, 0.25) is 0 Å². The molecule has 0 spiro atoms. The summed E-state index contributed by atoms with van der Waals surface area (Å²) in [6.45, 7) is 0.